The van der Waals surface area contributed by atoms with Crippen LogP contribution < -0.4 is 0 Å². The number of aliphatic hydroxyl groups excluding tert-OH is 1. The summed E-state index contributed by atoms with van der Waals surface area (Å²) in [6.45, 7) is 8.76. The molecule has 0 aliphatic carbocycles. The summed E-state index contributed by atoms with van der Waals surface area (Å²) in [6, 6.07) is 0. The van der Waals surface area contributed by atoms with E-state index in [9.17, 15) is 5.11 Å². The van der Waals surface area contributed by atoms with Crippen LogP contribution >= 0.6 is 0 Å². The first-order chi connectivity index (χ1) is 8.60. The number of piperidine rings is 1. The Labute approximate surface area is 108 Å². The molecule has 1 aliphatic heterocycles. The van der Waals surface area contributed by atoms with Crippen molar-refractivity contribution in [1.82, 2.24) is 15.0 Å². The molecule has 5 heteroatoms. The highest BCUT2D eigenvalue weighted by Gasteiger charge is 2.27. The van der Waals surface area contributed by atoms with Crippen molar-refractivity contribution < 1.29 is 9.63 Å². The second-order valence-corrected chi connectivity index (χ2v) is 5.46. The van der Waals surface area contributed by atoms with Gasteiger partial charge in [-0.1, -0.05) is 25.9 Å². The first-order valence-corrected chi connectivity index (χ1v) is 6.83. The molecule has 18 heavy (non-hydrogen) atoms. The zero-order valence-electron chi connectivity index (χ0n) is 11.5. The Kier molecular flexibility index (Phi) is 4.35. The molecule has 5 nitrogen and oxygen atoms in total. The van der Waals surface area contributed by atoms with Gasteiger partial charge in [-0.2, -0.15) is 4.98 Å². The fourth-order valence-corrected chi connectivity index (χ4v) is 2.41. The molecule has 1 saturated heterocycles. The maximum Gasteiger partial charge on any atom is 0.229 e. The van der Waals surface area contributed by atoms with Crippen molar-refractivity contribution in [3.63, 3.8) is 0 Å². The minimum Gasteiger partial charge on any atom is -0.393 e. The van der Waals surface area contributed by atoms with E-state index in [0.717, 1.165) is 38.3 Å². The van der Waals surface area contributed by atoms with Crippen LogP contribution in [0.1, 0.15) is 51.2 Å². The lowest BCUT2D eigenvalue weighted by Gasteiger charge is -2.35. The highest BCUT2D eigenvalue weighted by atomic mass is 16.5. The second kappa shape index (κ2) is 5.80. The summed E-state index contributed by atoms with van der Waals surface area (Å²) in [6.07, 6.45) is 1.71. The van der Waals surface area contributed by atoms with Gasteiger partial charge in [0, 0.05) is 19.0 Å². The lowest BCUT2D eigenvalue weighted by Crippen LogP contribution is -2.42. The number of hydrogen-bond acceptors (Lipinski definition) is 5. The van der Waals surface area contributed by atoms with Crippen LogP contribution in [0.25, 0.3) is 0 Å². The van der Waals surface area contributed by atoms with Crippen LogP contribution in [-0.2, 0) is 6.54 Å². The Morgan fingerprint density at radius 2 is 2.28 bits per heavy atom. The van der Waals surface area contributed by atoms with Gasteiger partial charge in [0.1, 0.15) is 0 Å². The molecule has 0 radical (unpaired) electrons. The van der Waals surface area contributed by atoms with Gasteiger partial charge in [-0.3, -0.25) is 4.90 Å². The maximum atomic E-state index is 9.85. The maximum absolute atomic E-state index is 9.85. The summed E-state index contributed by atoms with van der Waals surface area (Å²) in [5, 5.41) is 13.9. The monoisotopic (exact) mass is 253 g/mol. The van der Waals surface area contributed by atoms with Crippen LogP contribution in [0.2, 0.25) is 0 Å². The van der Waals surface area contributed by atoms with Gasteiger partial charge in [-0.15, -0.1) is 0 Å². The van der Waals surface area contributed by atoms with Gasteiger partial charge in [-0.25, -0.2) is 0 Å². The molecule has 2 unspecified atom stereocenters. The highest BCUT2D eigenvalue weighted by Crippen LogP contribution is 2.21. The molecule has 1 fully saturated rings. The van der Waals surface area contributed by atoms with Crippen LogP contribution in [0.5, 0.6) is 0 Å². The third-order valence-electron chi connectivity index (χ3n) is 3.65. The molecule has 2 rings (SSSR count). The predicted molar refractivity (Wildman–Crippen MR) is 68.1 cm³/mol. The number of aromatic nitrogens is 2. The van der Waals surface area contributed by atoms with Crippen LogP contribution in [0.4, 0.5) is 0 Å². The third kappa shape index (κ3) is 3.09. The summed E-state index contributed by atoms with van der Waals surface area (Å²) >= 11 is 0. The zero-order valence-corrected chi connectivity index (χ0v) is 11.5. The quantitative estimate of drug-likeness (QED) is 0.886. The van der Waals surface area contributed by atoms with Crippen molar-refractivity contribution in [2.45, 2.75) is 52.2 Å². The minimum absolute atomic E-state index is 0.150. The Balaban J connectivity index is 1.92. The van der Waals surface area contributed by atoms with E-state index in [4.69, 9.17) is 4.52 Å². The summed E-state index contributed by atoms with van der Waals surface area (Å²) in [5.41, 5.74) is 0. The molecular weight excluding hydrogens is 230 g/mol. The van der Waals surface area contributed by atoms with Crippen LogP contribution in [0.3, 0.4) is 0 Å². The fourth-order valence-electron chi connectivity index (χ4n) is 2.41. The van der Waals surface area contributed by atoms with E-state index in [2.05, 4.69) is 22.0 Å². The normalized spacial score (nSPS) is 25.8. The SMILES string of the molecule is CCC1CN(Cc2noc(C(C)C)n2)CCC1O. The van der Waals surface area contributed by atoms with E-state index in [1.807, 2.05) is 13.8 Å². The average molecular weight is 253 g/mol. The van der Waals surface area contributed by atoms with E-state index in [1.165, 1.54) is 0 Å². The largest absolute Gasteiger partial charge is 0.393 e. The Morgan fingerprint density at radius 1 is 1.50 bits per heavy atom. The number of rotatable bonds is 4. The van der Waals surface area contributed by atoms with Gasteiger partial charge in [0.15, 0.2) is 5.82 Å². The average Bonchev–Trinajstić information content (AvgIpc) is 2.80. The van der Waals surface area contributed by atoms with Gasteiger partial charge in [0.25, 0.3) is 0 Å². The van der Waals surface area contributed by atoms with Gasteiger partial charge in [-0.05, 0) is 18.8 Å². The molecule has 0 saturated carbocycles. The molecule has 1 N–H and O–H groups in total. The first kappa shape index (κ1) is 13.5. The molecule has 102 valence electrons. The summed E-state index contributed by atoms with van der Waals surface area (Å²) in [5.74, 6) is 2.10. The number of likely N-dealkylation sites (tertiary alicyclic amines) is 1. The second-order valence-electron chi connectivity index (χ2n) is 5.46. The number of nitrogens with zero attached hydrogens (tertiary/aromatic N) is 3. The van der Waals surface area contributed by atoms with E-state index in [-0.39, 0.29) is 12.0 Å². The predicted octanol–water partition coefficient (Wildman–Crippen LogP) is 1.79. The lowest BCUT2D eigenvalue weighted by molar-refractivity contribution is 0.0211. The lowest BCUT2D eigenvalue weighted by atomic mass is 9.92. The van der Waals surface area contributed by atoms with Gasteiger partial charge in [0.2, 0.25) is 5.89 Å². The topological polar surface area (TPSA) is 62.4 Å². The van der Waals surface area contributed by atoms with Crippen molar-refractivity contribution in [3.8, 4) is 0 Å². The third-order valence-corrected chi connectivity index (χ3v) is 3.65. The van der Waals surface area contributed by atoms with Gasteiger partial charge < -0.3 is 9.63 Å². The molecule has 1 aromatic rings. The van der Waals surface area contributed by atoms with E-state index in [0.29, 0.717) is 11.8 Å². The molecule has 1 aromatic heterocycles. The molecular formula is C13H23N3O2. The van der Waals surface area contributed by atoms with Crippen LogP contribution in [0, 0.1) is 5.92 Å². The highest BCUT2D eigenvalue weighted by molar-refractivity contribution is 4.92. The molecule has 0 spiro atoms. The minimum atomic E-state index is -0.150. The van der Waals surface area contributed by atoms with E-state index < -0.39 is 0 Å². The van der Waals surface area contributed by atoms with Gasteiger partial charge >= 0.3 is 0 Å². The Hall–Kier alpha value is -0.940. The van der Waals surface area contributed by atoms with E-state index >= 15 is 0 Å². The molecule has 2 heterocycles. The molecule has 0 aromatic carbocycles. The standard InChI is InChI=1S/C13H23N3O2/c1-4-10-7-16(6-5-11(10)17)8-12-14-13(9(2)3)18-15-12/h9-11,17H,4-8H2,1-3H3. The Bertz CT molecular complexity index is 378. The fraction of sp³-hybridized carbons (Fsp3) is 0.846. The first-order valence-electron chi connectivity index (χ1n) is 6.83. The molecule has 1 aliphatic rings. The van der Waals surface area contributed by atoms with Crippen molar-refractivity contribution in [1.29, 1.82) is 0 Å². The van der Waals surface area contributed by atoms with Crippen molar-refractivity contribution in [3.05, 3.63) is 11.7 Å². The number of hydrogen-bond donors (Lipinski definition) is 1. The summed E-state index contributed by atoms with van der Waals surface area (Å²) in [7, 11) is 0. The van der Waals surface area contributed by atoms with Crippen molar-refractivity contribution in [2.75, 3.05) is 13.1 Å². The van der Waals surface area contributed by atoms with Crippen molar-refractivity contribution in [2.24, 2.45) is 5.92 Å². The molecule has 0 bridgehead atoms. The Morgan fingerprint density at radius 3 is 2.89 bits per heavy atom. The smallest absolute Gasteiger partial charge is 0.229 e. The number of aliphatic hydroxyl groups is 1. The summed E-state index contributed by atoms with van der Waals surface area (Å²) in [4.78, 5) is 6.69. The van der Waals surface area contributed by atoms with E-state index in [1.54, 1.807) is 0 Å². The zero-order chi connectivity index (χ0) is 13.1. The van der Waals surface area contributed by atoms with Gasteiger partial charge in [0.05, 0.1) is 12.6 Å². The van der Waals surface area contributed by atoms with Crippen molar-refractivity contribution >= 4 is 0 Å². The van der Waals surface area contributed by atoms with Crippen LogP contribution in [0.15, 0.2) is 4.52 Å². The molecule has 2 atom stereocenters. The van der Waals surface area contributed by atoms with Crippen LogP contribution in [-0.4, -0.2) is 39.3 Å². The summed E-state index contributed by atoms with van der Waals surface area (Å²) < 4.78 is 5.20. The molecule has 0 amide bonds.